The van der Waals surface area contributed by atoms with E-state index in [1.165, 1.54) is 13.1 Å². The van der Waals surface area contributed by atoms with Crippen molar-refractivity contribution in [2.45, 2.75) is 25.0 Å². The van der Waals surface area contributed by atoms with Crippen molar-refractivity contribution in [1.29, 1.82) is 0 Å². The molecule has 1 unspecified atom stereocenters. The average Bonchev–Trinajstić information content (AvgIpc) is 2.72. The molecule has 0 bridgehead atoms. The number of hydrogen-bond donors (Lipinski definition) is 0. The van der Waals surface area contributed by atoms with Crippen molar-refractivity contribution in [3.63, 3.8) is 0 Å². The summed E-state index contributed by atoms with van der Waals surface area (Å²) in [7, 11) is 0. The number of allylic oxidation sites excluding steroid dienone is 1. The molecule has 159 valence electrons. The minimum Gasteiger partial charge on any atom is -0.287 e. The van der Waals surface area contributed by atoms with Crippen molar-refractivity contribution in [3.8, 4) is 0 Å². The van der Waals surface area contributed by atoms with Gasteiger partial charge in [-0.25, -0.2) is 19.9 Å². The molecule has 3 rings (SSSR count). The van der Waals surface area contributed by atoms with Gasteiger partial charge in [0.05, 0.1) is 17.2 Å². The van der Waals surface area contributed by atoms with Crippen molar-refractivity contribution in [2.24, 2.45) is 4.99 Å². The summed E-state index contributed by atoms with van der Waals surface area (Å²) in [5.74, 6) is -2.45. The molecule has 0 aliphatic carbocycles. The number of nitrogens with zero attached hydrogens (tertiary/aromatic N) is 6. The van der Waals surface area contributed by atoms with Gasteiger partial charge < -0.3 is 0 Å². The van der Waals surface area contributed by atoms with E-state index in [2.05, 4.69) is 24.9 Å². The third kappa shape index (κ3) is 4.34. The van der Waals surface area contributed by atoms with E-state index in [1.54, 1.807) is 19.5 Å². The van der Waals surface area contributed by atoms with Crippen LogP contribution in [0.1, 0.15) is 33.5 Å². The molecular formula is C18H12Cl2FN6O3S. The number of carbonyl (C=O) groups excluding carboxylic acids is 3. The number of aryl methyl sites for hydroxylation is 1. The van der Waals surface area contributed by atoms with Crippen LogP contribution in [0.15, 0.2) is 33.8 Å². The minimum absolute atomic E-state index is 0.109. The van der Waals surface area contributed by atoms with Gasteiger partial charge in [-0.3, -0.25) is 19.3 Å². The van der Waals surface area contributed by atoms with Gasteiger partial charge in [0.2, 0.25) is 23.3 Å². The second-order valence-electron chi connectivity index (χ2n) is 6.11. The molecule has 13 heteroatoms. The third-order valence-corrected chi connectivity index (χ3v) is 5.36. The van der Waals surface area contributed by atoms with Crippen LogP contribution < -0.4 is 0 Å². The molecule has 1 amide bonds. The molecule has 3 heterocycles. The first-order valence-electron chi connectivity index (χ1n) is 8.50. The number of Topliss-reactive ketones (excluding diaryl/α,β-unsaturated/α-hetero) is 1. The smallest absolute Gasteiger partial charge is 0.266 e. The summed E-state index contributed by atoms with van der Waals surface area (Å²) in [5, 5.41) is -0.467. The average molecular weight is 482 g/mol. The molecule has 0 fully saturated rings. The first kappa shape index (κ1) is 22.9. The predicted octanol–water partition coefficient (Wildman–Crippen LogP) is 2.78. The fourth-order valence-electron chi connectivity index (χ4n) is 2.70. The Morgan fingerprint density at radius 1 is 1.19 bits per heavy atom. The third-order valence-electron chi connectivity index (χ3n) is 4.25. The largest absolute Gasteiger partial charge is 0.287 e. The van der Waals surface area contributed by atoms with E-state index in [4.69, 9.17) is 23.2 Å². The number of rotatable bonds is 5. The van der Waals surface area contributed by atoms with Crippen molar-refractivity contribution in [2.75, 3.05) is 6.26 Å². The number of amides is 1. The number of thioether (sulfide) groups is 1. The quantitative estimate of drug-likeness (QED) is 0.210. The highest BCUT2D eigenvalue weighted by Gasteiger charge is 2.37. The summed E-state index contributed by atoms with van der Waals surface area (Å²) in [6.07, 6.45) is 5.45. The Labute approximate surface area is 189 Å². The number of halogens is 3. The lowest BCUT2D eigenvalue weighted by Gasteiger charge is -2.31. The van der Waals surface area contributed by atoms with Crippen LogP contribution in [0.25, 0.3) is 0 Å². The SMILES string of the molecule is CSc1ncc(C(=O)N2C(Cl)=NC(C(=O)c3cnc(C)nc3Cl)=C([C]=O)C2C)c(F)n1. The zero-order valence-electron chi connectivity index (χ0n) is 16.2. The van der Waals surface area contributed by atoms with Gasteiger partial charge in [-0.2, -0.15) is 9.37 Å². The van der Waals surface area contributed by atoms with E-state index < -0.39 is 34.5 Å². The van der Waals surface area contributed by atoms with Gasteiger partial charge in [0.1, 0.15) is 22.2 Å². The highest BCUT2D eigenvalue weighted by Crippen LogP contribution is 2.28. The Morgan fingerprint density at radius 3 is 2.45 bits per heavy atom. The summed E-state index contributed by atoms with van der Waals surface area (Å²) < 4.78 is 14.3. The molecule has 1 aliphatic rings. The Kier molecular flexibility index (Phi) is 6.77. The fourth-order valence-corrected chi connectivity index (χ4v) is 3.59. The van der Waals surface area contributed by atoms with Crippen molar-refractivity contribution in [3.05, 3.63) is 51.7 Å². The summed E-state index contributed by atoms with van der Waals surface area (Å²) in [4.78, 5) is 57.5. The van der Waals surface area contributed by atoms with E-state index in [-0.39, 0.29) is 27.1 Å². The number of ketones is 1. The molecule has 2 aromatic rings. The summed E-state index contributed by atoms with van der Waals surface area (Å²) in [6, 6.07) is -1.10. The zero-order valence-corrected chi connectivity index (χ0v) is 18.5. The second kappa shape index (κ2) is 9.16. The number of aromatic nitrogens is 4. The van der Waals surface area contributed by atoms with Crippen molar-refractivity contribution < 1.29 is 18.8 Å². The maximum Gasteiger partial charge on any atom is 0.266 e. The van der Waals surface area contributed by atoms with Crippen LogP contribution in [-0.4, -0.2) is 60.4 Å². The highest BCUT2D eigenvalue weighted by atomic mass is 35.5. The van der Waals surface area contributed by atoms with Crippen LogP contribution >= 0.6 is 35.0 Å². The van der Waals surface area contributed by atoms with Gasteiger partial charge in [0, 0.05) is 12.4 Å². The predicted molar refractivity (Wildman–Crippen MR) is 112 cm³/mol. The first-order valence-corrected chi connectivity index (χ1v) is 10.5. The Bertz CT molecular complexity index is 1170. The number of carbonyl (C=O) groups is 2. The summed E-state index contributed by atoms with van der Waals surface area (Å²) in [6.45, 7) is 2.99. The molecule has 0 spiro atoms. The van der Waals surface area contributed by atoms with Crippen LogP contribution in [0, 0.1) is 12.9 Å². The zero-order chi connectivity index (χ0) is 22.9. The molecule has 0 N–H and O–H groups in total. The molecule has 9 nitrogen and oxygen atoms in total. The van der Waals surface area contributed by atoms with Crippen LogP contribution in [0.3, 0.4) is 0 Å². The van der Waals surface area contributed by atoms with E-state index in [0.717, 1.165) is 22.9 Å². The van der Waals surface area contributed by atoms with E-state index in [9.17, 15) is 18.8 Å². The van der Waals surface area contributed by atoms with Crippen molar-refractivity contribution in [1.82, 2.24) is 24.8 Å². The lowest BCUT2D eigenvalue weighted by atomic mass is 9.99. The monoisotopic (exact) mass is 481 g/mol. The van der Waals surface area contributed by atoms with Crippen molar-refractivity contribution >= 4 is 58.2 Å². The highest BCUT2D eigenvalue weighted by molar-refractivity contribution is 7.98. The van der Waals surface area contributed by atoms with Gasteiger partial charge in [0.15, 0.2) is 5.16 Å². The number of aliphatic imine (C=N–C) groups is 1. The van der Waals surface area contributed by atoms with E-state index in [0.29, 0.717) is 5.82 Å². The lowest BCUT2D eigenvalue weighted by molar-refractivity contribution is 0.0817. The van der Waals surface area contributed by atoms with Gasteiger partial charge >= 0.3 is 0 Å². The molecule has 1 radical (unpaired) electrons. The maximum atomic E-state index is 14.3. The van der Waals surface area contributed by atoms with E-state index in [1.807, 2.05) is 0 Å². The van der Waals surface area contributed by atoms with Crippen LogP contribution in [0.2, 0.25) is 5.15 Å². The topological polar surface area (TPSA) is 118 Å². The molecular weight excluding hydrogens is 470 g/mol. The van der Waals surface area contributed by atoms with Crippen LogP contribution in [0.5, 0.6) is 0 Å². The van der Waals surface area contributed by atoms with Gasteiger partial charge in [-0.05, 0) is 31.7 Å². The van der Waals surface area contributed by atoms with E-state index >= 15 is 0 Å². The standard InChI is InChI=1S/C18H12Cl2FN6O3S/c1-7-11(6-28)12(13(29)9-4-22-8(2)24-14(9)19)25-17(20)27(7)16(30)10-5-23-18(31-3)26-15(10)21/h4-5,7H,1-3H3. The lowest BCUT2D eigenvalue weighted by Crippen LogP contribution is -2.46. The fraction of sp³-hybridized carbons (Fsp3) is 0.222. The minimum atomic E-state index is -1.10. The van der Waals surface area contributed by atoms with Gasteiger partial charge in [-0.15, -0.1) is 0 Å². The number of hydrogen-bond acceptors (Lipinski definition) is 9. The Hall–Kier alpha value is -2.76. The van der Waals surface area contributed by atoms with Gasteiger partial charge in [0.25, 0.3) is 5.91 Å². The molecule has 2 aromatic heterocycles. The summed E-state index contributed by atoms with van der Waals surface area (Å²) >= 11 is 13.3. The Balaban J connectivity index is 2.02. The second-order valence-corrected chi connectivity index (χ2v) is 7.58. The first-order chi connectivity index (χ1) is 14.7. The molecule has 1 aliphatic heterocycles. The van der Waals surface area contributed by atoms with Crippen LogP contribution in [0.4, 0.5) is 4.39 Å². The normalized spacial score (nSPS) is 16.3. The molecule has 0 saturated carbocycles. The molecule has 31 heavy (non-hydrogen) atoms. The molecule has 1 atom stereocenters. The summed E-state index contributed by atoms with van der Waals surface area (Å²) in [5.41, 5.74) is -1.24. The molecule has 0 saturated heterocycles. The van der Waals surface area contributed by atoms with Crippen LogP contribution in [-0.2, 0) is 4.79 Å². The maximum absolute atomic E-state index is 14.3. The molecule has 0 aromatic carbocycles. The number of amidine groups is 1. The Morgan fingerprint density at radius 2 is 1.87 bits per heavy atom. The van der Waals surface area contributed by atoms with Gasteiger partial charge in [-0.1, -0.05) is 23.4 Å².